The average Bonchev–Trinajstić information content (AvgIpc) is 3.17. The lowest BCUT2D eigenvalue weighted by Gasteiger charge is -2.43. The number of H-pyrrole nitrogens is 1. The topological polar surface area (TPSA) is 146 Å². The highest BCUT2D eigenvalue weighted by molar-refractivity contribution is 5.99. The van der Waals surface area contributed by atoms with Gasteiger partial charge in [-0.1, -0.05) is 24.3 Å². The van der Waals surface area contributed by atoms with E-state index >= 15 is 0 Å². The molecule has 16 heteroatoms. The van der Waals surface area contributed by atoms with E-state index in [-0.39, 0.29) is 92.6 Å². The number of aryl methyl sites for hydroxylation is 1. The zero-order valence-corrected chi connectivity index (χ0v) is 31.2. The number of fused-ring (bicyclic) bond motifs is 3. The molecule has 12 nitrogen and oxygen atoms in total. The fraction of sp³-hybridized carbons (Fsp3) is 0.366. The van der Waals surface area contributed by atoms with Gasteiger partial charge in [0.05, 0.1) is 27.9 Å². The molecule has 5 aromatic rings. The molecule has 1 N–H and O–H groups in total. The third-order valence-corrected chi connectivity index (χ3v) is 10.6. The normalized spacial score (nSPS) is 15.6. The molecule has 2 aromatic heterocycles. The maximum atomic E-state index is 14.9. The van der Waals surface area contributed by atoms with E-state index in [1.54, 1.807) is 35.2 Å². The zero-order valence-electron chi connectivity index (χ0n) is 31.2. The number of rotatable bonds is 9. The van der Waals surface area contributed by atoms with Crippen molar-refractivity contribution < 1.29 is 41.1 Å². The third kappa shape index (κ3) is 8.17. The Morgan fingerprint density at radius 2 is 1.63 bits per heavy atom. The highest BCUT2D eigenvalue weighted by atomic mass is 19.4. The Balaban J connectivity index is 0.905. The van der Waals surface area contributed by atoms with E-state index in [0.29, 0.717) is 52.2 Å². The standard InChI is InChI=1S/C41H39F4N5O7/c1-40(2)12-11-25-20-28-30(41(43,44)45)21-37(53)57-34(28)22-33(25)50(40)35(51)8-5-17-56-23-36(52)48-13-15-49(16-14-48)39(55)29-18-24(9-10-31(29)42)19-32-26-6-3-4-7-27(26)38(54)47-46-32/h3-4,6-7,9-10,18,20-22H,5,8,11-17,19,23H2,1-2H3,(H,47,54). The molecule has 3 amide bonds. The van der Waals surface area contributed by atoms with E-state index in [9.17, 15) is 41.5 Å². The number of benzene rings is 3. The van der Waals surface area contributed by atoms with Crippen molar-refractivity contribution in [2.75, 3.05) is 44.3 Å². The van der Waals surface area contributed by atoms with Crippen LogP contribution in [0.25, 0.3) is 21.7 Å². The molecule has 0 radical (unpaired) electrons. The summed E-state index contributed by atoms with van der Waals surface area (Å²) in [7, 11) is 0. The van der Waals surface area contributed by atoms with Gasteiger partial charge in [0.1, 0.15) is 18.0 Å². The van der Waals surface area contributed by atoms with Crippen LogP contribution in [-0.4, -0.2) is 82.7 Å². The monoisotopic (exact) mass is 789 g/mol. The minimum absolute atomic E-state index is 0.0259. The van der Waals surface area contributed by atoms with Crippen molar-refractivity contribution in [2.24, 2.45) is 0 Å². The van der Waals surface area contributed by atoms with Crippen LogP contribution in [0.5, 0.6) is 0 Å². The Hall–Kier alpha value is -5.90. The Morgan fingerprint density at radius 3 is 2.37 bits per heavy atom. The van der Waals surface area contributed by atoms with E-state index in [4.69, 9.17) is 9.15 Å². The van der Waals surface area contributed by atoms with Crippen LogP contribution in [0, 0.1) is 5.82 Å². The molecule has 0 unspecified atom stereocenters. The van der Waals surface area contributed by atoms with Crippen molar-refractivity contribution in [3.05, 3.63) is 115 Å². The van der Waals surface area contributed by atoms with Crippen LogP contribution in [0.2, 0.25) is 0 Å². The van der Waals surface area contributed by atoms with Gasteiger partial charge in [-0.05, 0) is 68.5 Å². The van der Waals surface area contributed by atoms with Crippen molar-refractivity contribution >= 4 is 45.2 Å². The van der Waals surface area contributed by atoms with Crippen molar-refractivity contribution in [3.8, 4) is 0 Å². The number of carbonyl (C=O) groups is 3. The summed E-state index contributed by atoms with van der Waals surface area (Å²) < 4.78 is 66.8. The minimum atomic E-state index is -4.76. The first kappa shape index (κ1) is 39.3. The van der Waals surface area contributed by atoms with Gasteiger partial charge in [0.2, 0.25) is 11.8 Å². The molecule has 0 atom stereocenters. The number of hydrogen-bond donors (Lipinski definition) is 1. The number of anilines is 1. The number of carbonyl (C=O) groups excluding carboxylic acids is 3. The van der Waals surface area contributed by atoms with Crippen molar-refractivity contribution in [1.29, 1.82) is 0 Å². The fourth-order valence-electron chi connectivity index (χ4n) is 7.60. The third-order valence-electron chi connectivity index (χ3n) is 10.6. The summed E-state index contributed by atoms with van der Waals surface area (Å²) in [6.07, 6.45) is -3.31. The first-order valence-electron chi connectivity index (χ1n) is 18.5. The number of aromatic amines is 1. The second-order valence-corrected chi connectivity index (χ2v) is 14.9. The first-order valence-corrected chi connectivity index (χ1v) is 18.5. The molecule has 1 fully saturated rings. The Kier molecular flexibility index (Phi) is 10.7. The lowest BCUT2D eigenvalue weighted by Crippen LogP contribution is -2.51. The van der Waals surface area contributed by atoms with Gasteiger partial charge in [0.25, 0.3) is 11.5 Å². The molecule has 2 aliphatic heterocycles. The fourth-order valence-corrected chi connectivity index (χ4v) is 7.60. The van der Waals surface area contributed by atoms with Crippen LogP contribution < -0.4 is 16.1 Å². The number of nitrogens with one attached hydrogen (secondary N) is 1. The van der Waals surface area contributed by atoms with Gasteiger partial charge in [-0.15, -0.1) is 0 Å². The van der Waals surface area contributed by atoms with E-state index in [2.05, 4.69) is 10.2 Å². The molecule has 7 rings (SSSR count). The summed E-state index contributed by atoms with van der Waals surface area (Å²) in [5, 5.41) is 7.55. The van der Waals surface area contributed by atoms with Crippen LogP contribution in [0.3, 0.4) is 0 Å². The predicted molar refractivity (Wildman–Crippen MR) is 201 cm³/mol. The Morgan fingerprint density at radius 1 is 0.912 bits per heavy atom. The van der Waals surface area contributed by atoms with Gasteiger partial charge >= 0.3 is 11.8 Å². The zero-order chi connectivity index (χ0) is 40.6. The van der Waals surface area contributed by atoms with Gasteiger partial charge < -0.3 is 23.9 Å². The molecule has 0 saturated carbocycles. The highest BCUT2D eigenvalue weighted by Crippen LogP contribution is 2.42. The molecule has 0 spiro atoms. The average molecular weight is 790 g/mol. The predicted octanol–water partition coefficient (Wildman–Crippen LogP) is 5.62. The summed E-state index contributed by atoms with van der Waals surface area (Å²) >= 11 is 0. The van der Waals surface area contributed by atoms with Crippen molar-refractivity contribution in [2.45, 2.75) is 57.7 Å². The Bertz CT molecular complexity index is 2510. The first-order chi connectivity index (χ1) is 27.1. The van der Waals surface area contributed by atoms with E-state index < -0.39 is 34.6 Å². The molecule has 1 saturated heterocycles. The van der Waals surface area contributed by atoms with Gasteiger partial charge in [0.15, 0.2) is 0 Å². The summed E-state index contributed by atoms with van der Waals surface area (Å²) in [5.41, 5.74) is -1.47. The van der Waals surface area contributed by atoms with Crippen molar-refractivity contribution in [3.63, 3.8) is 0 Å². The molecule has 0 bridgehead atoms. The summed E-state index contributed by atoms with van der Waals surface area (Å²) in [6.45, 7) is 4.32. The second kappa shape index (κ2) is 15.6. The Labute approximate surface area is 323 Å². The minimum Gasteiger partial charge on any atom is -0.423 e. The number of alkyl halides is 3. The van der Waals surface area contributed by atoms with Crippen LogP contribution in [0.4, 0.5) is 23.2 Å². The second-order valence-electron chi connectivity index (χ2n) is 14.9. The summed E-state index contributed by atoms with van der Waals surface area (Å²) in [5.74, 6) is -1.79. The van der Waals surface area contributed by atoms with E-state index in [1.807, 2.05) is 13.8 Å². The van der Waals surface area contributed by atoms with Gasteiger partial charge in [0, 0.05) is 74.1 Å². The molecular formula is C41H39F4N5O7. The number of aromatic nitrogens is 2. The molecule has 2 aliphatic rings. The van der Waals surface area contributed by atoms with E-state index in [0.717, 1.165) is 0 Å². The van der Waals surface area contributed by atoms with Crippen LogP contribution >= 0.6 is 0 Å². The maximum absolute atomic E-state index is 14.9. The lowest BCUT2D eigenvalue weighted by atomic mass is 9.85. The van der Waals surface area contributed by atoms with Crippen LogP contribution in [-0.2, 0) is 33.3 Å². The molecule has 4 heterocycles. The SMILES string of the molecule is CC1(C)CCc2cc3c(C(F)(F)F)cc(=O)oc3cc2N1C(=O)CCCOCC(=O)N1CCN(C(=O)c2cc(Cc3n[nH]c(=O)c4ccccc34)ccc2F)CC1. The molecule has 3 aromatic carbocycles. The quantitative estimate of drug-likeness (QED) is 0.115. The van der Waals surface area contributed by atoms with Gasteiger partial charge in [-0.25, -0.2) is 14.3 Å². The number of nitrogens with zero attached hydrogens (tertiary/aromatic N) is 4. The van der Waals surface area contributed by atoms with Gasteiger partial charge in [-0.3, -0.25) is 19.2 Å². The van der Waals surface area contributed by atoms with Crippen molar-refractivity contribution in [1.82, 2.24) is 20.0 Å². The highest BCUT2D eigenvalue weighted by Gasteiger charge is 2.39. The van der Waals surface area contributed by atoms with Gasteiger partial charge in [-0.2, -0.15) is 18.3 Å². The molecular weight excluding hydrogens is 750 g/mol. The maximum Gasteiger partial charge on any atom is 0.417 e. The summed E-state index contributed by atoms with van der Waals surface area (Å²) in [4.78, 5) is 68.7. The number of amides is 3. The van der Waals surface area contributed by atoms with E-state index in [1.165, 1.54) is 34.1 Å². The van der Waals surface area contributed by atoms with Crippen LogP contribution in [0.15, 0.2) is 74.7 Å². The smallest absolute Gasteiger partial charge is 0.417 e. The lowest BCUT2D eigenvalue weighted by molar-refractivity contribution is -0.138. The number of halogens is 4. The molecule has 57 heavy (non-hydrogen) atoms. The molecule has 0 aliphatic carbocycles. The number of hydrogen-bond acceptors (Lipinski definition) is 8. The largest absolute Gasteiger partial charge is 0.423 e. The van der Waals surface area contributed by atoms with Crippen LogP contribution in [0.1, 0.15) is 65.9 Å². The number of ether oxygens (including phenoxy) is 1. The molecule has 298 valence electrons. The summed E-state index contributed by atoms with van der Waals surface area (Å²) in [6, 6.07) is 14.4. The number of piperazine rings is 1.